The second-order valence-corrected chi connectivity index (χ2v) is 19.1. The van der Waals surface area contributed by atoms with E-state index in [4.69, 9.17) is 61.0 Å². The third kappa shape index (κ3) is 17.7. The number of rotatable bonds is 7. The zero-order chi connectivity index (χ0) is 46.6. The number of nitro groups is 1. The number of non-ortho nitro benzene ring substituents is 1. The Morgan fingerprint density at radius 1 is 0.719 bits per heavy atom. The van der Waals surface area contributed by atoms with E-state index in [1.54, 1.807) is 81.1 Å². The van der Waals surface area contributed by atoms with Crippen molar-refractivity contribution < 1.29 is 63.8 Å². The number of carbonyl (C=O) groups excluding carboxylic acids is 2. The minimum atomic E-state index is -0.750. The first-order chi connectivity index (χ1) is 29.6. The van der Waals surface area contributed by atoms with Crippen LogP contribution in [0.25, 0.3) is 0 Å². The molecule has 0 aromatic heterocycles. The number of halogens is 6. The van der Waals surface area contributed by atoms with Gasteiger partial charge in [0.25, 0.3) is 5.69 Å². The maximum atomic E-state index is 12.4. The van der Waals surface area contributed by atoms with E-state index >= 15 is 0 Å². The zero-order valence-electron chi connectivity index (χ0n) is 36.0. The van der Waals surface area contributed by atoms with Gasteiger partial charge in [-0.3, -0.25) is 10.1 Å². The molecule has 5 aromatic carbocycles. The van der Waals surface area contributed by atoms with Crippen LogP contribution in [0.3, 0.4) is 0 Å². The number of ether oxygens (including phenoxy) is 2. The third-order valence-electron chi connectivity index (χ3n) is 9.46. The van der Waals surface area contributed by atoms with Gasteiger partial charge in [0.1, 0.15) is 12.4 Å². The number of fused-ring (bicyclic) bond motifs is 2. The van der Waals surface area contributed by atoms with Crippen molar-refractivity contribution in [1.82, 2.24) is 9.80 Å². The Morgan fingerprint density at radius 3 is 1.53 bits per heavy atom. The van der Waals surface area contributed by atoms with Crippen LogP contribution in [0.5, 0.6) is 5.75 Å². The largest absolute Gasteiger partial charge is 1.00 e. The molecule has 2 amide bonds. The van der Waals surface area contributed by atoms with Gasteiger partial charge in [-0.1, -0.05) is 111 Å². The Balaban J connectivity index is 0.000000256. The minimum absolute atomic E-state index is 0. The van der Waals surface area contributed by atoms with Crippen LogP contribution in [-0.4, -0.2) is 51.7 Å². The molecule has 336 valence electrons. The van der Waals surface area contributed by atoms with Gasteiger partial charge in [-0.25, -0.2) is 9.59 Å². The molecule has 0 bridgehead atoms. The Hall–Kier alpha value is -2.92. The van der Waals surface area contributed by atoms with E-state index in [0.29, 0.717) is 20.1 Å². The van der Waals surface area contributed by atoms with Crippen molar-refractivity contribution in [3.05, 3.63) is 170 Å². The number of hydrogen-bond donors (Lipinski definition) is 1. The molecule has 0 spiro atoms. The van der Waals surface area contributed by atoms with Gasteiger partial charge in [0, 0.05) is 55.3 Å². The Bertz CT molecular complexity index is 2340. The maximum absolute atomic E-state index is 12.4. The first kappa shape index (κ1) is 55.4. The van der Waals surface area contributed by atoms with Gasteiger partial charge in [-0.2, -0.15) is 0 Å². The molecule has 2 atom stereocenters. The van der Waals surface area contributed by atoms with Crippen LogP contribution in [0.15, 0.2) is 106 Å². The summed E-state index contributed by atoms with van der Waals surface area (Å²) in [7, 11) is 3.47. The van der Waals surface area contributed by atoms with E-state index < -0.39 is 16.6 Å². The van der Waals surface area contributed by atoms with Crippen molar-refractivity contribution in [1.29, 1.82) is 0 Å². The zero-order valence-corrected chi connectivity index (χ0v) is 44.2. The molecule has 0 aliphatic heterocycles. The van der Waals surface area contributed by atoms with Gasteiger partial charge >= 0.3 is 41.7 Å². The topological polar surface area (TPSA) is 146 Å². The monoisotopic (exact) mass is 1090 g/mol. The van der Waals surface area contributed by atoms with Crippen molar-refractivity contribution in [2.75, 3.05) is 14.1 Å². The van der Waals surface area contributed by atoms with Gasteiger partial charge in [-0.15, -0.1) is 5.60 Å². The molecule has 0 saturated heterocycles. The predicted molar refractivity (Wildman–Crippen MR) is 254 cm³/mol. The summed E-state index contributed by atoms with van der Waals surface area (Å²) >= 11 is 30.1. The molecule has 1 N–H and O–H groups in total. The van der Waals surface area contributed by atoms with Crippen molar-refractivity contribution in [2.45, 2.75) is 77.4 Å². The van der Waals surface area contributed by atoms with E-state index in [1.807, 2.05) is 18.2 Å². The molecule has 0 heterocycles. The first-order valence-corrected chi connectivity index (χ1v) is 22.6. The molecule has 18 heteroatoms. The standard InChI is InChI=1S/C18H16BrCl2NO2.C17H15BrN2O4.C7H6Cl2O.C4H9O.Na/c1-22(17-5-3-12-2-4-13(19)8-16(12)17)18(23)24-10-11-6-14(20)9-15(21)7-11;1-19(16-9-3-11-2-4-12(18)10-15(11)16)17(21)24-14-7-5-13(6-8-14)20(22)23;8-6-1-5(4-10)2-7(9)3-6;1-4(2,3)5;/h2,4,6-9,17H,3,5,10H2,1H3;2,4-8,10,16H,3,9H2,1H3;1-3,10H,4H2;1-3H3;/q;;;-1;+1. The van der Waals surface area contributed by atoms with Gasteiger partial charge < -0.3 is 29.5 Å². The van der Waals surface area contributed by atoms with Crippen LogP contribution in [-0.2, 0) is 30.8 Å². The van der Waals surface area contributed by atoms with E-state index in [-0.39, 0.29) is 72.4 Å². The van der Waals surface area contributed by atoms with Gasteiger partial charge in [0.05, 0.1) is 23.6 Å². The second kappa shape index (κ2) is 25.8. The normalized spacial score (nSPS) is 14.3. The van der Waals surface area contributed by atoms with Crippen LogP contribution in [0.1, 0.15) is 79.1 Å². The van der Waals surface area contributed by atoms with Crippen LogP contribution in [0.4, 0.5) is 15.3 Å². The molecule has 0 saturated carbocycles. The van der Waals surface area contributed by atoms with Crippen molar-refractivity contribution >= 4 is 96.1 Å². The fraction of sp³-hybridized carbons (Fsp3) is 0.304. The Kier molecular flexibility index (Phi) is 22.4. The first-order valence-electron chi connectivity index (χ1n) is 19.5. The van der Waals surface area contributed by atoms with Crippen molar-refractivity contribution in [2.24, 2.45) is 0 Å². The number of benzene rings is 5. The molecule has 0 radical (unpaired) electrons. The fourth-order valence-electron chi connectivity index (χ4n) is 6.61. The summed E-state index contributed by atoms with van der Waals surface area (Å²) < 4.78 is 12.7. The smallest absolute Gasteiger partial charge is 0.850 e. The van der Waals surface area contributed by atoms with Crippen LogP contribution in [0, 0.1) is 10.1 Å². The van der Waals surface area contributed by atoms with Crippen LogP contribution < -0.4 is 39.4 Å². The summed E-state index contributed by atoms with van der Waals surface area (Å²) in [5, 5.41) is 31.6. The number of nitro benzene ring substituents is 1. The molecule has 7 rings (SSSR count). The third-order valence-corrected chi connectivity index (χ3v) is 11.3. The molecule has 2 aliphatic rings. The molecular weight excluding hydrogens is 1050 g/mol. The van der Waals surface area contributed by atoms with Gasteiger partial charge in [-0.05, 0) is 132 Å². The molecular formula is C46H46Br2Cl4N3NaO8. The maximum Gasteiger partial charge on any atom is 1.00 e. The van der Waals surface area contributed by atoms with Crippen molar-refractivity contribution in [3.63, 3.8) is 0 Å². The van der Waals surface area contributed by atoms with E-state index in [9.17, 15) is 24.8 Å². The Labute approximate surface area is 432 Å². The number of aliphatic hydroxyl groups excluding tert-OH is 1. The molecule has 2 aliphatic carbocycles. The number of nitrogens with zero attached hydrogens (tertiary/aromatic N) is 3. The SMILES string of the molecule is CC(C)(C)[O-].CN(C(=O)OCc1cc(Cl)cc(Cl)c1)C1CCc2ccc(Br)cc21.CN(C(=O)Oc1ccc([N+](=O)[O-])cc1)C1CCc2ccc(Br)cc21.OCc1cc(Cl)cc(Cl)c1.[Na+]. The van der Waals surface area contributed by atoms with E-state index in [0.717, 1.165) is 51.3 Å². The summed E-state index contributed by atoms with van der Waals surface area (Å²) in [6, 6.07) is 27.9. The molecule has 2 unspecified atom stereocenters. The number of aliphatic hydroxyl groups is 1. The summed E-state index contributed by atoms with van der Waals surface area (Å²) in [6.45, 7) is 5.01. The number of carbonyl (C=O) groups is 2. The molecule has 64 heavy (non-hydrogen) atoms. The fourth-order valence-corrected chi connectivity index (χ4v) is 8.51. The average molecular weight is 1090 g/mol. The number of aryl methyl sites for hydroxylation is 2. The average Bonchev–Trinajstić information content (AvgIpc) is 3.82. The van der Waals surface area contributed by atoms with Gasteiger partial charge in [0.2, 0.25) is 0 Å². The molecule has 11 nitrogen and oxygen atoms in total. The van der Waals surface area contributed by atoms with E-state index in [2.05, 4.69) is 50.1 Å². The molecule has 0 fully saturated rings. The second-order valence-electron chi connectivity index (χ2n) is 15.5. The minimum Gasteiger partial charge on any atom is -0.850 e. The summed E-state index contributed by atoms with van der Waals surface area (Å²) in [6.07, 6.45) is 2.79. The number of amides is 2. The summed E-state index contributed by atoms with van der Waals surface area (Å²) in [5.74, 6) is 0.282. The summed E-state index contributed by atoms with van der Waals surface area (Å²) in [5.41, 5.74) is 5.52. The van der Waals surface area contributed by atoms with Crippen molar-refractivity contribution in [3.8, 4) is 5.75 Å². The van der Waals surface area contributed by atoms with Gasteiger partial charge in [0.15, 0.2) is 0 Å². The van der Waals surface area contributed by atoms with Crippen LogP contribution >= 0.6 is 78.3 Å². The molecule has 5 aromatic rings. The van der Waals surface area contributed by atoms with E-state index in [1.165, 1.54) is 41.0 Å². The number of hydrogen-bond acceptors (Lipinski definition) is 8. The quantitative estimate of drug-likeness (QED) is 0.0964. The Morgan fingerprint density at radius 2 is 1.12 bits per heavy atom. The van der Waals surface area contributed by atoms with Crippen LogP contribution in [0.2, 0.25) is 20.1 Å². The summed E-state index contributed by atoms with van der Waals surface area (Å²) in [4.78, 5) is 38.1. The predicted octanol–water partition coefficient (Wildman–Crippen LogP) is 10.1.